The van der Waals surface area contributed by atoms with Gasteiger partial charge in [-0.15, -0.1) is 0 Å². The number of anilines is 1. The second-order valence-corrected chi connectivity index (χ2v) is 4.99. The zero-order chi connectivity index (χ0) is 17.2. The molecule has 0 amide bonds. The molecule has 1 unspecified atom stereocenters. The molecule has 1 aromatic heterocycles. The number of alkyl halides is 3. The van der Waals surface area contributed by atoms with Crippen molar-refractivity contribution in [1.82, 2.24) is 4.98 Å². The number of hydrogen-bond donors (Lipinski definition) is 2. The number of halogens is 6. The van der Waals surface area contributed by atoms with Gasteiger partial charge in [0.05, 0.1) is 16.1 Å². The molecule has 0 fully saturated rings. The minimum Gasteiger partial charge on any atom is -0.386 e. The summed E-state index contributed by atoms with van der Waals surface area (Å²) in [6.45, 7) is -0.393. The van der Waals surface area contributed by atoms with E-state index in [1.165, 1.54) is 0 Å². The van der Waals surface area contributed by atoms with Crippen molar-refractivity contribution in [3.63, 3.8) is 0 Å². The summed E-state index contributed by atoms with van der Waals surface area (Å²) >= 11 is 5.67. The number of nitrogens with zero attached hydrogens (tertiary/aromatic N) is 1. The predicted molar refractivity (Wildman–Crippen MR) is 74.1 cm³/mol. The zero-order valence-corrected chi connectivity index (χ0v) is 12.1. The zero-order valence-electron chi connectivity index (χ0n) is 11.3. The van der Waals surface area contributed by atoms with Crippen LogP contribution < -0.4 is 5.32 Å². The molecule has 0 saturated carbocycles. The van der Waals surface area contributed by atoms with Crippen molar-refractivity contribution in [3.05, 3.63) is 58.2 Å². The van der Waals surface area contributed by atoms with E-state index in [0.29, 0.717) is 12.3 Å². The summed E-state index contributed by atoms with van der Waals surface area (Å²) in [6, 6.07) is 3.76. The number of aliphatic hydroxyl groups is 1. The van der Waals surface area contributed by atoms with Crippen LogP contribution in [0.3, 0.4) is 0 Å². The molecule has 124 valence electrons. The monoisotopic (exact) mass is 352 g/mol. The molecule has 1 atom stereocenters. The Hall–Kier alpha value is -1.93. The number of nitrogens with one attached hydrogen (secondary N) is 1. The van der Waals surface area contributed by atoms with Crippen molar-refractivity contribution in [1.29, 1.82) is 0 Å². The molecule has 2 rings (SSSR count). The number of rotatable bonds is 4. The normalized spacial score (nSPS) is 13.0. The fourth-order valence-corrected chi connectivity index (χ4v) is 2.08. The van der Waals surface area contributed by atoms with Crippen LogP contribution in [0.15, 0.2) is 30.5 Å². The first-order chi connectivity index (χ1) is 10.7. The van der Waals surface area contributed by atoms with Crippen LogP contribution in [0.4, 0.5) is 27.8 Å². The molecule has 1 heterocycles. The van der Waals surface area contributed by atoms with Crippen LogP contribution in [0.2, 0.25) is 5.02 Å². The van der Waals surface area contributed by atoms with Gasteiger partial charge in [0.25, 0.3) is 0 Å². The second-order valence-electron chi connectivity index (χ2n) is 4.58. The van der Waals surface area contributed by atoms with Crippen molar-refractivity contribution < 1.29 is 27.1 Å². The number of benzene rings is 1. The van der Waals surface area contributed by atoms with E-state index in [9.17, 15) is 27.1 Å². The first kappa shape index (κ1) is 17.4. The number of aliphatic hydroxyl groups excluding tert-OH is 1. The van der Waals surface area contributed by atoms with Gasteiger partial charge in [0.1, 0.15) is 23.6 Å². The number of pyridine rings is 1. The van der Waals surface area contributed by atoms with Crippen molar-refractivity contribution in [3.8, 4) is 0 Å². The third kappa shape index (κ3) is 4.08. The summed E-state index contributed by atoms with van der Waals surface area (Å²) in [7, 11) is 0. The van der Waals surface area contributed by atoms with Gasteiger partial charge in [-0.05, 0) is 18.2 Å². The lowest BCUT2D eigenvalue weighted by Gasteiger charge is -2.15. The van der Waals surface area contributed by atoms with Gasteiger partial charge in [-0.2, -0.15) is 13.2 Å². The van der Waals surface area contributed by atoms with E-state index in [2.05, 4.69) is 10.3 Å². The largest absolute Gasteiger partial charge is 0.417 e. The van der Waals surface area contributed by atoms with Crippen molar-refractivity contribution >= 4 is 17.4 Å². The van der Waals surface area contributed by atoms with Gasteiger partial charge in [-0.1, -0.05) is 17.7 Å². The summed E-state index contributed by atoms with van der Waals surface area (Å²) in [6.07, 6.45) is -5.61. The average Bonchev–Trinajstić information content (AvgIpc) is 2.44. The van der Waals surface area contributed by atoms with Crippen molar-refractivity contribution in [2.24, 2.45) is 0 Å². The molecule has 0 aliphatic rings. The summed E-state index contributed by atoms with van der Waals surface area (Å²) in [4.78, 5) is 3.49. The number of hydrogen-bond acceptors (Lipinski definition) is 3. The molecular weight excluding hydrogens is 343 g/mol. The quantitative estimate of drug-likeness (QED) is 0.811. The first-order valence-corrected chi connectivity index (χ1v) is 6.66. The molecular formula is C14H10ClF5N2O. The first-order valence-electron chi connectivity index (χ1n) is 6.28. The molecule has 0 saturated heterocycles. The fraction of sp³-hybridized carbons (Fsp3) is 0.214. The summed E-state index contributed by atoms with van der Waals surface area (Å²) in [5.41, 5.74) is -1.59. The van der Waals surface area contributed by atoms with E-state index in [1.807, 2.05) is 0 Å². The minimum atomic E-state index is -4.59. The third-order valence-corrected chi connectivity index (χ3v) is 3.25. The topological polar surface area (TPSA) is 45.1 Å². The van der Waals surface area contributed by atoms with E-state index in [1.54, 1.807) is 0 Å². The van der Waals surface area contributed by atoms with Crippen LogP contribution in [-0.4, -0.2) is 16.6 Å². The maximum atomic E-state index is 13.5. The standard InChI is InChI=1S/C14H10ClF5N2O/c15-8-4-7(14(18,19)20)5-21-13(8)22-6-11(23)12-9(16)2-1-3-10(12)17/h1-5,11,23H,6H2,(H,21,22). The van der Waals surface area contributed by atoms with Crippen LogP contribution in [0, 0.1) is 11.6 Å². The van der Waals surface area contributed by atoms with Gasteiger partial charge >= 0.3 is 6.18 Å². The predicted octanol–water partition coefficient (Wildman–Crippen LogP) is 4.18. The van der Waals surface area contributed by atoms with Crippen molar-refractivity contribution in [2.75, 3.05) is 11.9 Å². The van der Waals surface area contributed by atoms with E-state index in [-0.39, 0.29) is 10.8 Å². The third-order valence-electron chi connectivity index (χ3n) is 2.96. The molecule has 0 aliphatic heterocycles. The highest BCUT2D eigenvalue weighted by Crippen LogP contribution is 2.32. The Labute approximate surface area is 132 Å². The average molecular weight is 353 g/mol. The van der Waals surface area contributed by atoms with E-state index in [4.69, 9.17) is 11.6 Å². The molecule has 1 aromatic carbocycles. The Balaban J connectivity index is 2.12. The molecule has 9 heteroatoms. The van der Waals surface area contributed by atoms with Gasteiger partial charge in [0, 0.05) is 12.7 Å². The maximum absolute atomic E-state index is 13.5. The minimum absolute atomic E-state index is 0.143. The highest BCUT2D eigenvalue weighted by atomic mass is 35.5. The van der Waals surface area contributed by atoms with Crippen LogP contribution in [0.5, 0.6) is 0 Å². The van der Waals surface area contributed by atoms with Crippen LogP contribution >= 0.6 is 11.6 Å². The van der Waals surface area contributed by atoms with Gasteiger partial charge < -0.3 is 10.4 Å². The number of aromatic nitrogens is 1. The Kier molecular flexibility index (Phi) is 5.06. The molecule has 3 nitrogen and oxygen atoms in total. The van der Waals surface area contributed by atoms with Crippen LogP contribution in [-0.2, 0) is 6.18 Å². The van der Waals surface area contributed by atoms with Crippen molar-refractivity contribution in [2.45, 2.75) is 12.3 Å². The highest BCUT2D eigenvalue weighted by molar-refractivity contribution is 6.32. The summed E-state index contributed by atoms with van der Waals surface area (Å²) in [5, 5.41) is 11.9. The highest BCUT2D eigenvalue weighted by Gasteiger charge is 2.31. The lowest BCUT2D eigenvalue weighted by Crippen LogP contribution is -2.16. The van der Waals surface area contributed by atoms with E-state index >= 15 is 0 Å². The summed E-state index contributed by atoms with van der Waals surface area (Å²) < 4.78 is 64.4. The molecule has 0 aliphatic carbocycles. The SMILES string of the molecule is OC(CNc1ncc(C(F)(F)F)cc1Cl)c1c(F)cccc1F. The van der Waals surface area contributed by atoms with Gasteiger partial charge in [-0.3, -0.25) is 0 Å². The van der Waals surface area contributed by atoms with Gasteiger partial charge in [0.15, 0.2) is 0 Å². The van der Waals surface area contributed by atoms with Crippen LogP contribution in [0.25, 0.3) is 0 Å². The Morgan fingerprint density at radius 3 is 2.35 bits per heavy atom. The molecule has 0 radical (unpaired) electrons. The fourth-order valence-electron chi connectivity index (χ4n) is 1.85. The lowest BCUT2D eigenvalue weighted by atomic mass is 10.1. The molecule has 0 bridgehead atoms. The molecule has 2 aromatic rings. The molecule has 23 heavy (non-hydrogen) atoms. The van der Waals surface area contributed by atoms with Crippen LogP contribution in [0.1, 0.15) is 17.2 Å². The van der Waals surface area contributed by atoms with E-state index < -0.39 is 41.6 Å². The van der Waals surface area contributed by atoms with Gasteiger partial charge in [-0.25, -0.2) is 13.8 Å². The second kappa shape index (κ2) is 6.67. The lowest BCUT2D eigenvalue weighted by molar-refractivity contribution is -0.137. The Bertz CT molecular complexity index is 688. The molecule has 2 N–H and O–H groups in total. The summed E-state index contributed by atoms with van der Waals surface area (Å²) in [5.74, 6) is -2.02. The Morgan fingerprint density at radius 1 is 1.22 bits per heavy atom. The Morgan fingerprint density at radius 2 is 1.83 bits per heavy atom. The van der Waals surface area contributed by atoms with E-state index in [0.717, 1.165) is 18.2 Å². The molecule has 0 spiro atoms. The smallest absolute Gasteiger partial charge is 0.386 e. The maximum Gasteiger partial charge on any atom is 0.417 e. The van der Waals surface area contributed by atoms with Gasteiger partial charge in [0.2, 0.25) is 0 Å².